The molecule has 0 heteroatoms. The second kappa shape index (κ2) is 3.21. The summed E-state index contributed by atoms with van der Waals surface area (Å²) in [4.78, 5) is 0. The first-order valence-corrected chi connectivity index (χ1v) is 3.33. The van der Waals surface area contributed by atoms with E-state index in [1.54, 1.807) is 0 Å². The lowest BCUT2D eigenvalue weighted by molar-refractivity contribution is 0.783. The van der Waals surface area contributed by atoms with E-state index in [2.05, 4.69) is 30.6 Å². The fraction of sp³-hybridized carbons (Fsp3) is 0.556. The third-order valence-electron chi connectivity index (χ3n) is 1.26. The standard InChI is InChI=1S/C9H10/c1-9-7-5-3-2-4-6-8-9/h9H,2-3,8H2,1H3. The van der Waals surface area contributed by atoms with Crippen LogP contribution < -0.4 is 0 Å². The van der Waals surface area contributed by atoms with Gasteiger partial charge in [-0.15, -0.1) is 17.8 Å². The minimum Gasteiger partial charge on any atom is -0.102 e. The monoisotopic (exact) mass is 118 g/mol. The Bertz CT molecular complexity index is 192. The number of hydrogen-bond acceptors (Lipinski definition) is 0. The van der Waals surface area contributed by atoms with Crippen molar-refractivity contribution in [3.8, 4) is 23.7 Å². The van der Waals surface area contributed by atoms with Gasteiger partial charge in [0.1, 0.15) is 0 Å². The molecule has 0 radical (unpaired) electrons. The second-order valence-corrected chi connectivity index (χ2v) is 2.28. The van der Waals surface area contributed by atoms with Gasteiger partial charge < -0.3 is 0 Å². The van der Waals surface area contributed by atoms with Crippen LogP contribution in [0.3, 0.4) is 0 Å². The van der Waals surface area contributed by atoms with Crippen LogP contribution in [0, 0.1) is 29.6 Å². The maximum atomic E-state index is 3.13. The van der Waals surface area contributed by atoms with Gasteiger partial charge in [-0.1, -0.05) is 12.8 Å². The van der Waals surface area contributed by atoms with Crippen LogP contribution in [-0.4, -0.2) is 0 Å². The highest BCUT2D eigenvalue weighted by molar-refractivity contribution is 5.13. The van der Waals surface area contributed by atoms with Crippen molar-refractivity contribution in [1.82, 2.24) is 0 Å². The predicted octanol–water partition coefficient (Wildman–Crippen LogP) is 1.81. The molecule has 1 rings (SSSR count). The summed E-state index contributed by atoms with van der Waals surface area (Å²) in [5.74, 6) is 12.9. The summed E-state index contributed by atoms with van der Waals surface area (Å²) in [5, 5.41) is 0. The second-order valence-electron chi connectivity index (χ2n) is 2.28. The molecule has 9 heavy (non-hydrogen) atoms. The Labute approximate surface area is 56.7 Å². The maximum absolute atomic E-state index is 3.13. The van der Waals surface area contributed by atoms with Gasteiger partial charge in [0.25, 0.3) is 0 Å². The van der Waals surface area contributed by atoms with Crippen molar-refractivity contribution in [3.63, 3.8) is 0 Å². The highest BCUT2D eigenvalue weighted by Gasteiger charge is 1.92. The summed E-state index contributed by atoms with van der Waals surface area (Å²) in [7, 11) is 0. The largest absolute Gasteiger partial charge is 0.102 e. The Balaban J connectivity index is 2.51. The lowest BCUT2D eigenvalue weighted by Gasteiger charge is -1.96. The van der Waals surface area contributed by atoms with Crippen LogP contribution in [0.5, 0.6) is 0 Å². The summed E-state index contributed by atoms with van der Waals surface area (Å²) in [5.41, 5.74) is 0. The van der Waals surface area contributed by atoms with E-state index in [0.29, 0.717) is 5.92 Å². The van der Waals surface area contributed by atoms with Crippen LogP contribution in [0.2, 0.25) is 0 Å². The average Bonchev–Trinajstić information content (AvgIpc) is 1.79. The smallest absolute Gasteiger partial charge is 0.0283 e. The molecule has 1 aliphatic rings. The molecular weight excluding hydrogens is 108 g/mol. The third-order valence-corrected chi connectivity index (χ3v) is 1.26. The Morgan fingerprint density at radius 1 is 1.11 bits per heavy atom. The Hall–Kier alpha value is -0.880. The molecule has 0 aromatic carbocycles. The predicted molar refractivity (Wildman–Crippen MR) is 38.6 cm³/mol. The molecule has 0 aliphatic heterocycles. The molecule has 0 saturated carbocycles. The lowest BCUT2D eigenvalue weighted by atomic mass is 10.1. The van der Waals surface area contributed by atoms with Gasteiger partial charge >= 0.3 is 0 Å². The SMILES string of the molecule is CC1C#CCCC#CC1. The van der Waals surface area contributed by atoms with Gasteiger partial charge in [-0.05, 0) is 0 Å². The van der Waals surface area contributed by atoms with Crippen LogP contribution in [0.15, 0.2) is 0 Å². The van der Waals surface area contributed by atoms with Crippen LogP contribution in [0.25, 0.3) is 0 Å². The van der Waals surface area contributed by atoms with Crippen molar-refractivity contribution in [2.24, 2.45) is 5.92 Å². The number of hydrogen-bond donors (Lipinski definition) is 0. The molecule has 1 unspecified atom stereocenters. The van der Waals surface area contributed by atoms with Crippen LogP contribution in [-0.2, 0) is 0 Å². The molecule has 0 saturated heterocycles. The van der Waals surface area contributed by atoms with E-state index in [1.807, 2.05) is 0 Å². The number of rotatable bonds is 0. The van der Waals surface area contributed by atoms with Crippen LogP contribution >= 0.6 is 0 Å². The summed E-state index contributed by atoms with van der Waals surface area (Å²) >= 11 is 0. The zero-order chi connectivity index (χ0) is 6.53. The molecule has 46 valence electrons. The molecule has 0 heterocycles. The van der Waals surface area contributed by atoms with Gasteiger partial charge in [0.2, 0.25) is 0 Å². The molecule has 1 atom stereocenters. The highest BCUT2D eigenvalue weighted by Crippen LogP contribution is 2.00. The lowest BCUT2D eigenvalue weighted by Crippen LogP contribution is -1.88. The fourth-order valence-electron chi connectivity index (χ4n) is 0.736. The topological polar surface area (TPSA) is 0 Å². The molecule has 0 amide bonds. The van der Waals surface area contributed by atoms with E-state index in [0.717, 1.165) is 19.3 Å². The highest BCUT2D eigenvalue weighted by atomic mass is 14.0. The Morgan fingerprint density at radius 3 is 2.78 bits per heavy atom. The minimum absolute atomic E-state index is 0.484. The summed E-state index contributed by atoms with van der Waals surface area (Å²) in [6.07, 6.45) is 2.87. The van der Waals surface area contributed by atoms with E-state index in [9.17, 15) is 0 Å². The van der Waals surface area contributed by atoms with E-state index < -0.39 is 0 Å². The molecular formula is C9H10. The summed E-state index contributed by atoms with van der Waals surface area (Å²) in [6.45, 7) is 2.12. The van der Waals surface area contributed by atoms with Gasteiger partial charge in [0.15, 0.2) is 0 Å². The van der Waals surface area contributed by atoms with E-state index in [-0.39, 0.29) is 0 Å². The molecule has 0 aromatic rings. The van der Waals surface area contributed by atoms with E-state index in [1.165, 1.54) is 0 Å². The molecule has 0 N–H and O–H groups in total. The average molecular weight is 118 g/mol. The van der Waals surface area contributed by atoms with Crippen molar-refractivity contribution in [2.75, 3.05) is 0 Å². The molecule has 0 spiro atoms. The van der Waals surface area contributed by atoms with E-state index >= 15 is 0 Å². The molecule has 0 aromatic heterocycles. The zero-order valence-electron chi connectivity index (χ0n) is 5.70. The van der Waals surface area contributed by atoms with Gasteiger partial charge in [-0.2, -0.15) is 0 Å². The van der Waals surface area contributed by atoms with Crippen molar-refractivity contribution in [1.29, 1.82) is 0 Å². The van der Waals surface area contributed by atoms with Crippen molar-refractivity contribution < 1.29 is 0 Å². The summed E-state index contributed by atoms with van der Waals surface area (Å²) < 4.78 is 0. The van der Waals surface area contributed by atoms with Gasteiger partial charge in [-0.3, -0.25) is 0 Å². The molecule has 1 aliphatic carbocycles. The first kappa shape index (κ1) is 6.24. The van der Waals surface area contributed by atoms with Crippen molar-refractivity contribution >= 4 is 0 Å². The fourth-order valence-corrected chi connectivity index (χ4v) is 0.736. The Morgan fingerprint density at radius 2 is 1.89 bits per heavy atom. The normalized spacial score (nSPS) is 23.9. The Kier molecular flexibility index (Phi) is 2.22. The first-order valence-electron chi connectivity index (χ1n) is 3.33. The summed E-state index contributed by atoms with van der Waals surface area (Å²) in [6, 6.07) is 0. The van der Waals surface area contributed by atoms with Gasteiger partial charge in [0, 0.05) is 25.2 Å². The zero-order valence-corrected chi connectivity index (χ0v) is 5.70. The van der Waals surface area contributed by atoms with Crippen LogP contribution in [0.1, 0.15) is 26.2 Å². The third kappa shape index (κ3) is 2.24. The van der Waals surface area contributed by atoms with E-state index in [4.69, 9.17) is 0 Å². The molecule has 0 nitrogen and oxygen atoms in total. The van der Waals surface area contributed by atoms with Crippen molar-refractivity contribution in [3.05, 3.63) is 0 Å². The minimum atomic E-state index is 0.484. The molecule has 0 fully saturated rings. The quantitative estimate of drug-likeness (QED) is 0.425. The van der Waals surface area contributed by atoms with Gasteiger partial charge in [-0.25, -0.2) is 0 Å². The maximum Gasteiger partial charge on any atom is 0.0283 e. The first-order chi connectivity index (χ1) is 4.39. The van der Waals surface area contributed by atoms with Crippen LogP contribution in [0.4, 0.5) is 0 Å². The van der Waals surface area contributed by atoms with Gasteiger partial charge in [0.05, 0.1) is 0 Å². The molecule has 0 bridgehead atoms. The van der Waals surface area contributed by atoms with Crippen molar-refractivity contribution in [2.45, 2.75) is 26.2 Å².